The predicted molar refractivity (Wildman–Crippen MR) is 94.5 cm³/mol. The van der Waals surface area contributed by atoms with Crippen LogP contribution in [-0.4, -0.2) is 20.9 Å². The van der Waals surface area contributed by atoms with Crippen LogP contribution < -0.4 is 10.0 Å². The largest absolute Gasteiger partial charge is 0.352 e. The smallest absolute Gasteiger partial charge is 0.251 e. The van der Waals surface area contributed by atoms with Crippen molar-refractivity contribution < 1.29 is 13.2 Å². The van der Waals surface area contributed by atoms with Crippen molar-refractivity contribution in [1.82, 2.24) is 10.0 Å². The van der Waals surface area contributed by atoms with Gasteiger partial charge in [0.05, 0.1) is 4.90 Å². The summed E-state index contributed by atoms with van der Waals surface area (Å²) in [5.74, 6) is -0.218. The van der Waals surface area contributed by atoms with E-state index in [9.17, 15) is 13.2 Å². The Morgan fingerprint density at radius 2 is 1.75 bits per heavy atom. The molecule has 0 unspecified atom stereocenters. The second kappa shape index (κ2) is 8.28. The molecule has 0 radical (unpaired) electrons. The Kier molecular flexibility index (Phi) is 6.36. The molecule has 0 heterocycles. The van der Waals surface area contributed by atoms with Gasteiger partial charge in [0.1, 0.15) is 0 Å². The number of benzene rings is 2. The van der Waals surface area contributed by atoms with Gasteiger partial charge in [-0.25, -0.2) is 13.1 Å². The molecule has 0 spiro atoms. The summed E-state index contributed by atoms with van der Waals surface area (Å²) in [4.78, 5) is 11.9. The first-order valence-corrected chi connectivity index (χ1v) is 9.41. The van der Waals surface area contributed by atoms with Gasteiger partial charge in [-0.1, -0.05) is 36.7 Å². The Morgan fingerprint density at radius 3 is 2.38 bits per heavy atom. The van der Waals surface area contributed by atoms with Crippen LogP contribution in [0.2, 0.25) is 5.02 Å². The molecule has 7 heteroatoms. The van der Waals surface area contributed by atoms with Crippen molar-refractivity contribution in [1.29, 1.82) is 0 Å². The number of carbonyl (C=O) groups is 1. The maximum atomic E-state index is 12.3. The summed E-state index contributed by atoms with van der Waals surface area (Å²) >= 11 is 6.02. The Hall–Kier alpha value is -1.89. The number of sulfonamides is 1. The van der Waals surface area contributed by atoms with Gasteiger partial charge in [-0.15, -0.1) is 0 Å². The lowest BCUT2D eigenvalue weighted by Gasteiger charge is -2.09. The van der Waals surface area contributed by atoms with Gasteiger partial charge >= 0.3 is 0 Å². The monoisotopic (exact) mass is 366 g/mol. The van der Waals surface area contributed by atoms with E-state index in [0.29, 0.717) is 22.7 Å². The van der Waals surface area contributed by atoms with Gasteiger partial charge < -0.3 is 5.32 Å². The number of rotatable bonds is 7. The average molecular weight is 367 g/mol. The van der Waals surface area contributed by atoms with Gasteiger partial charge in [0.25, 0.3) is 5.91 Å². The highest BCUT2D eigenvalue weighted by Crippen LogP contribution is 2.16. The minimum Gasteiger partial charge on any atom is -0.352 e. The minimum atomic E-state index is -3.67. The number of nitrogens with one attached hydrogen (secondary N) is 2. The van der Waals surface area contributed by atoms with Crippen LogP contribution in [0.3, 0.4) is 0 Å². The molecule has 0 aliphatic heterocycles. The lowest BCUT2D eigenvalue weighted by Crippen LogP contribution is -2.25. The second-order valence-electron chi connectivity index (χ2n) is 5.20. The van der Waals surface area contributed by atoms with Crippen LogP contribution in [0.4, 0.5) is 0 Å². The van der Waals surface area contributed by atoms with Gasteiger partial charge in [-0.2, -0.15) is 0 Å². The molecule has 0 atom stereocenters. The van der Waals surface area contributed by atoms with E-state index in [-0.39, 0.29) is 17.3 Å². The number of halogens is 1. The number of hydrogen-bond acceptors (Lipinski definition) is 3. The number of carbonyl (C=O) groups excluding carboxylic acids is 1. The average Bonchev–Trinajstić information content (AvgIpc) is 2.59. The SMILES string of the molecule is CCCNC(=O)c1ccc(S(=O)(=O)NCc2ccccc2Cl)cc1. The zero-order chi connectivity index (χ0) is 17.6. The van der Waals surface area contributed by atoms with Crippen LogP contribution in [0.25, 0.3) is 0 Å². The predicted octanol–water partition coefficient (Wildman–Crippen LogP) is 2.96. The van der Waals surface area contributed by atoms with E-state index in [2.05, 4.69) is 10.0 Å². The molecular formula is C17H19ClN2O3S. The second-order valence-corrected chi connectivity index (χ2v) is 7.37. The van der Waals surface area contributed by atoms with Gasteiger partial charge in [-0.3, -0.25) is 4.79 Å². The first kappa shape index (κ1) is 18.4. The fourth-order valence-electron chi connectivity index (χ4n) is 2.02. The van der Waals surface area contributed by atoms with Gasteiger partial charge in [0, 0.05) is 23.7 Å². The Labute approximate surface area is 147 Å². The third-order valence-corrected chi connectivity index (χ3v) is 5.16. The lowest BCUT2D eigenvalue weighted by atomic mass is 10.2. The van der Waals surface area contributed by atoms with E-state index in [0.717, 1.165) is 6.42 Å². The van der Waals surface area contributed by atoms with Gasteiger partial charge in [0.15, 0.2) is 0 Å². The highest BCUT2D eigenvalue weighted by molar-refractivity contribution is 7.89. The number of hydrogen-bond donors (Lipinski definition) is 2. The van der Waals surface area contributed by atoms with Crippen molar-refractivity contribution in [3.8, 4) is 0 Å². The lowest BCUT2D eigenvalue weighted by molar-refractivity contribution is 0.0953. The van der Waals surface area contributed by atoms with Crippen LogP contribution in [-0.2, 0) is 16.6 Å². The quantitative estimate of drug-likeness (QED) is 0.791. The molecule has 1 amide bonds. The van der Waals surface area contributed by atoms with Crippen molar-refractivity contribution in [2.45, 2.75) is 24.8 Å². The minimum absolute atomic E-state index is 0.0980. The Morgan fingerprint density at radius 1 is 1.08 bits per heavy atom. The van der Waals surface area contributed by atoms with Crippen LogP contribution in [0.15, 0.2) is 53.4 Å². The summed E-state index contributed by atoms with van der Waals surface area (Å²) in [6.07, 6.45) is 0.837. The zero-order valence-electron chi connectivity index (χ0n) is 13.3. The van der Waals surface area contributed by atoms with E-state index in [4.69, 9.17) is 11.6 Å². The van der Waals surface area contributed by atoms with E-state index < -0.39 is 10.0 Å². The first-order chi connectivity index (χ1) is 11.4. The van der Waals surface area contributed by atoms with E-state index >= 15 is 0 Å². The van der Waals surface area contributed by atoms with Crippen molar-refractivity contribution in [3.63, 3.8) is 0 Å². The molecule has 2 aromatic rings. The summed E-state index contributed by atoms with van der Waals surface area (Å²) in [5, 5.41) is 3.24. The molecule has 2 aromatic carbocycles. The summed E-state index contributed by atoms with van der Waals surface area (Å²) < 4.78 is 27.1. The fraction of sp³-hybridized carbons (Fsp3) is 0.235. The first-order valence-electron chi connectivity index (χ1n) is 7.55. The van der Waals surface area contributed by atoms with Crippen LogP contribution in [0, 0.1) is 0 Å². The summed E-state index contributed by atoms with van der Waals surface area (Å²) in [5.41, 5.74) is 1.12. The Bertz CT molecular complexity index is 805. The van der Waals surface area contributed by atoms with Crippen LogP contribution >= 0.6 is 11.6 Å². The van der Waals surface area contributed by atoms with Crippen LogP contribution in [0.5, 0.6) is 0 Å². The van der Waals surface area contributed by atoms with Crippen molar-refractivity contribution >= 4 is 27.5 Å². The maximum absolute atomic E-state index is 12.3. The molecule has 0 saturated carbocycles. The molecule has 0 aliphatic rings. The topological polar surface area (TPSA) is 75.3 Å². The maximum Gasteiger partial charge on any atom is 0.251 e. The Balaban J connectivity index is 2.07. The van der Waals surface area contributed by atoms with Gasteiger partial charge in [-0.05, 0) is 42.3 Å². The molecule has 0 fully saturated rings. The van der Waals surface area contributed by atoms with Crippen molar-refractivity contribution in [2.75, 3.05) is 6.54 Å². The van der Waals surface area contributed by atoms with E-state index in [1.165, 1.54) is 24.3 Å². The highest BCUT2D eigenvalue weighted by atomic mass is 35.5. The molecule has 0 aromatic heterocycles. The molecule has 0 bridgehead atoms. The molecule has 128 valence electrons. The van der Waals surface area contributed by atoms with Gasteiger partial charge in [0.2, 0.25) is 10.0 Å². The highest BCUT2D eigenvalue weighted by Gasteiger charge is 2.15. The summed E-state index contributed by atoms with van der Waals surface area (Å²) in [6, 6.07) is 12.8. The fourth-order valence-corrected chi connectivity index (χ4v) is 3.23. The molecule has 5 nitrogen and oxygen atoms in total. The molecule has 24 heavy (non-hydrogen) atoms. The molecule has 2 N–H and O–H groups in total. The third-order valence-electron chi connectivity index (χ3n) is 3.37. The summed E-state index contributed by atoms with van der Waals surface area (Å²) in [6.45, 7) is 2.64. The van der Waals surface area contributed by atoms with E-state index in [1.54, 1.807) is 24.3 Å². The van der Waals surface area contributed by atoms with Crippen LogP contribution in [0.1, 0.15) is 29.3 Å². The van der Waals surface area contributed by atoms with Crippen molar-refractivity contribution in [2.24, 2.45) is 0 Å². The number of amides is 1. The van der Waals surface area contributed by atoms with E-state index in [1.807, 2.05) is 6.92 Å². The molecular weight excluding hydrogens is 348 g/mol. The molecule has 2 rings (SSSR count). The molecule has 0 aliphatic carbocycles. The standard InChI is InChI=1S/C17H19ClN2O3S/c1-2-11-19-17(21)13-7-9-15(10-8-13)24(22,23)20-12-14-5-3-4-6-16(14)18/h3-10,20H,2,11-12H2,1H3,(H,19,21). The third kappa shape index (κ3) is 4.80. The normalized spacial score (nSPS) is 11.2. The van der Waals surface area contributed by atoms with Crippen molar-refractivity contribution in [3.05, 3.63) is 64.7 Å². The molecule has 0 saturated heterocycles. The summed E-state index contributed by atoms with van der Waals surface area (Å²) in [7, 11) is -3.67. The zero-order valence-corrected chi connectivity index (χ0v) is 14.8.